The van der Waals surface area contributed by atoms with E-state index >= 15 is 0 Å². The average Bonchev–Trinajstić information content (AvgIpc) is 2.89. The second kappa shape index (κ2) is 10.7. The summed E-state index contributed by atoms with van der Waals surface area (Å²) in [6.07, 6.45) is 5.54. The number of nitrogen functional groups attached to an aromatic ring is 1. The SMILES string of the molecule is CC[C@@H](NC(=O)N1C(=O)C(Cc2ccnc(N)c2)[C@H]1C(=O)N(C)c1ccncc1)c1ccc(Cl)cc1. The summed E-state index contributed by atoms with van der Waals surface area (Å²) >= 11 is 5.99. The Morgan fingerprint density at radius 2 is 1.83 bits per heavy atom. The van der Waals surface area contributed by atoms with Gasteiger partial charge in [-0.2, -0.15) is 0 Å². The van der Waals surface area contributed by atoms with Crippen LogP contribution in [-0.2, 0) is 16.0 Å². The van der Waals surface area contributed by atoms with E-state index in [2.05, 4.69) is 15.3 Å². The summed E-state index contributed by atoms with van der Waals surface area (Å²) in [6, 6.07) is 12.0. The molecule has 3 heterocycles. The number of hydrogen-bond acceptors (Lipinski definition) is 6. The van der Waals surface area contributed by atoms with Crippen LogP contribution in [-0.4, -0.2) is 45.8 Å². The second-order valence-corrected chi connectivity index (χ2v) is 9.05. The van der Waals surface area contributed by atoms with Gasteiger partial charge < -0.3 is 16.0 Å². The second-order valence-electron chi connectivity index (χ2n) is 8.62. The maximum atomic E-state index is 13.6. The third-order valence-electron chi connectivity index (χ3n) is 6.35. The highest BCUT2D eigenvalue weighted by molar-refractivity contribution is 6.30. The predicted octanol–water partition coefficient (Wildman–Crippen LogP) is 3.61. The molecule has 10 heteroatoms. The van der Waals surface area contributed by atoms with E-state index in [4.69, 9.17) is 17.3 Å². The van der Waals surface area contributed by atoms with E-state index in [0.29, 0.717) is 22.9 Å². The van der Waals surface area contributed by atoms with Gasteiger partial charge in [-0.3, -0.25) is 19.5 Å². The molecule has 4 amide bonds. The highest BCUT2D eigenvalue weighted by Gasteiger charge is 2.55. The number of likely N-dealkylation sites (N-methyl/N-ethyl adjacent to an activating group) is 1. The van der Waals surface area contributed by atoms with Gasteiger partial charge in [-0.05, 0) is 60.4 Å². The van der Waals surface area contributed by atoms with Crippen LogP contribution in [0.25, 0.3) is 0 Å². The van der Waals surface area contributed by atoms with Crippen molar-refractivity contribution in [2.75, 3.05) is 17.7 Å². The zero-order valence-electron chi connectivity index (χ0n) is 20.0. The van der Waals surface area contributed by atoms with Gasteiger partial charge in [-0.1, -0.05) is 30.7 Å². The van der Waals surface area contributed by atoms with Crippen molar-refractivity contribution in [1.82, 2.24) is 20.2 Å². The maximum Gasteiger partial charge on any atom is 0.325 e. The van der Waals surface area contributed by atoms with Crippen LogP contribution in [0.2, 0.25) is 5.02 Å². The summed E-state index contributed by atoms with van der Waals surface area (Å²) in [5.74, 6) is -1.19. The number of anilines is 2. The van der Waals surface area contributed by atoms with E-state index in [1.807, 2.05) is 19.1 Å². The molecule has 1 aliphatic heterocycles. The number of nitrogens with one attached hydrogen (secondary N) is 1. The number of likely N-dealkylation sites (tertiary alicyclic amines) is 1. The smallest absolute Gasteiger partial charge is 0.325 e. The quantitative estimate of drug-likeness (QED) is 0.472. The molecule has 3 N–H and O–H groups in total. The van der Waals surface area contributed by atoms with Crippen LogP contribution in [0.4, 0.5) is 16.3 Å². The fourth-order valence-electron chi connectivity index (χ4n) is 4.36. The minimum Gasteiger partial charge on any atom is -0.384 e. The molecule has 0 bridgehead atoms. The molecular weight excluding hydrogens is 480 g/mol. The molecule has 1 unspecified atom stereocenters. The Kier molecular flexibility index (Phi) is 7.49. The Hall–Kier alpha value is -3.98. The topological polar surface area (TPSA) is 122 Å². The first kappa shape index (κ1) is 25.1. The number of β-lactam (4-membered cyclic amide) rings is 1. The number of aromatic nitrogens is 2. The molecule has 1 aromatic carbocycles. The van der Waals surface area contributed by atoms with E-state index in [0.717, 1.165) is 16.0 Å². The predicted molar refractivity (Wildman–Crippen MR) is 137 cm³/mol. The van der Waals surface area contributed by atoms with Crippen LogP contribution in [0.15, 0.2) is 67.1 Å². The zero-order valence-corrected chi connectivity index (χ0v) is 20.7. The lowest BCUT2D eigenvalue weighted by atomic mass is 9.81. The molecule has 0 spiro atoms. The molecule has 2 aromatic heterocycles. The Morgan fingerprint density at radius 3 is 2.47 bits per heavy atom. The van der Waals surface area contributed by atoms with Crippen molar-refractivity contribution in [3.63, 3.8) is 0 Å². The summed E-state index contributed by atoms with van der Waals surface area (Å²) in [5, 5.41) is 3.49. The lowest BCUT2D eigenvalue weighted by molar-refractivity contribution is -0.156. The van der Waals surface area contributed by atoms with Crippen LogP contribution in [0.1, 0.15) is 30.5 Å². The molecule has 1 fully saturated rings. The highest BCUT2D eigenvalue weighted by atomic mass is 35.5. The van der Waals surface area contributed by atoms with Gasteiger partial charge in [0.15, 0.2) is 0 Å². The molecule has 4 rings (SSSR count). The largest absolute Gasteiger partial charge is 0.384 e. The lowest BCUT2D eigenvalue weighted by Gasteiger charge is -2.46. The van der Waals surface area contributed by atoms with E-state index in [9.17, 15) is 14.4 Å². The first-order valence-electron chi connectivity index (χ1n) is 11.6. The summed E-state index contributed by atoms with van der Waals surface area (Å²) in [6.45, 7) is 1.92. The summed E-state index contributed by atoms with van der Waals surface area (Å²) in [4.78, 5) is 50.6. The van der Waals surface area contributed by atoms with E-state index in [-0.39, 0.29) is 18.4 Å². The Bertz CT molecular complexity index is 1250. The van der Waals surface area contributed by atoms with Gasteiger partial charge in [-0.15, -0.1) is 0 Å². The van der Waals surface area contributed by atoms with Gasteiger partial charge in [0.25, 0.3) is 5.91 Å². The summed E-state index contributed by atoms with van der Waals surface area (Å²) in [7, 11) is 1.61. The highest BCUT2D eigenvalue weighted by Crippen LogP contribution is 2.33. The number of pyridine rings is 2. The van der Waals surface area contributed by atoms with E-state index < -0.39 is 23.9 Å². The van der Waals surface area contributed by atoms with Gasteiger partial charge in [0.1, 0.15) is 11.9 Å². The van der Waals surface area contributed by atoms with Crippen molar-refractivity contribution in [2.24, 2.45) is 5.92 Å². The maximum absolute atomic E-state index is 13.6. The van der Waals surface area contributed by atoms with Crippen LogP contribution in [0.3, 0.4) is 0 Å². The summed E-state index contributed by atoms with van der Waals surface area (Å²) < 4.78 is 0. The minimum absolute atomic E-state index is 0.254. The fraction of sp³-hybridized carbons (Fsp3) is 0.269. The molecule has 186 valence electrons. The number of halogens is 1. The molecule has 0 aliphatic carbocycles. The normalized spacial score (nSPS) is 17.8. The number of rotatable bonds is 7. The number of nitrogens with two attached hydrogens (primary N) is 1. The molecular formula is C26H27ClN6O3. The number of nitrogens with zero attached hydrogens (tertiary/aromatic N) is 4. The van der Waals surface area contributed by atoms with Crippen LogP contribution in [0.5, 0.6) is 0 Å². The number of urea groups is 1. The summed E-state index contributed by atoms with van der Waals surface area (Å²) in [5.41, 5.74) is 8.02. The first-order valence-corrected chi connectivity index (χ1v) is 11.9. The molecule has 36 heavy (non-hydrogen) atoms. The molecule has 1 aliphatic rings. The van der Waals surface area contributed by atoms with E-state index in [1.54, 1.807) is 62.0 Å². The number of imide groups is 1. The van der Waals surface area contributed by atoms with Gasteiger partial charge in [0.2, 0.25) is 5.91 Å². The van der Waals surface area contributed by atoms with Crippen LogP contribution < -0.4 is 16.0 Å². The molecule has 0 saturated carbocycles. The molecule has 1 saturated heterocycles. The number of benzene rings is 1. The number of carbonyl (C=O) groups excluding carboxylic acids is 3. The monoisotopic (exact) mass is 506 g/mol. The molecule has 9 nitrogen and oxygen atoms in total. The van der Waals surface area contributed by atoms with Gasteiger partial charge in [0.05, 0.1) is 12.0 Å². The van der Waals surface area contributed by atoms with Crippen molar-refractivity contribution in [3.05, 3.63) is 83.3 Å². The van der Waals surface area contributed by atoms with Crippen molar-refractivity contribution in [3.8, 4) is 0 Å². The van der Waals surface area contributed by atoms with Crippen LogP contribution in [0, 0.1) is 5.92 Å². The van der Waals surface area contributed by atoms with Crippen molar-refractivity contribution in [1.29, 1.82) is 0 Å². The van der Waals surface area contributed by atoms with Gasteiger partial charge in [-0.25, -0.2) is 9.78 Å². The van der Waals surface area contributed by atoms with E-state index in [1.165, 1.54) is 4.90 Å². The number of amides is 4. The first-order chi connectivity index (χ1) is 17.3. The Morgan fingerprint density at radius 1 is 1.14 bits per heavy atom. The van der Waals surface area contributed by atoms with Crippen molar-refractivity contribution < 1.29 is 14.4 Å². The Balaban J connectivity index is 1.59. The number of hydrogen-bond donors (Lipinski definition) is 2. The average molecular weight is 507 g/mol. The lowest BCUT2D eigenvalue weighted by Crippen LogP contribution is -2.70. The zero-order chi connectivity index (χ0) is 25.8. The number of carbonyl (C=O) groups is 3. The third-order valence-corrected chi connectivity index (χ3v) is 6.60. The van der Waals surface area contributed by atoms with Crippen LogP contribution >= 0.6 is 11.6 Å². The molecule has 0 radical (unpaired) electrons. The standard InChI is InChI=1S/C26H27ClN6O3/c1-3-21(17-4-6-18(27)7-5-17)31-26(36)33-23(25(35)32(2)19-9-11-29-12-10-19)20(24(33)34)14-16-8-13-30-22(28)15-16/h4-13,15,20-21,23H,3,14H2,1-2H3,(H2,28,30)(H,31,36)/t20?,21-,23+/m1/s1. The van der Waals surface area contributed by atoms with Crippen molar-refractivity contribution >= 4 is 41.0 Å². The Labute approximate surface area is 214 Å². The minimum atomic E-state index is -0.979. The van der Waals surface area contributed by atoms with Gasteiger partial charge >= 0.3 is 6.03 Å². The fourth-order valence-corrected chi connectivity index (χ4v) is 4.49. The third kappa shape index (κ3) is 5.16. The molecule has 3 aromatic rings. The molecule has 3 atom stereocenters. The van der Waals surface area contributed by atoms with Gasteiger partial charge in [0, 0.05) is 36.3 Å². The van der Waals surface area contributed by atoms with Crippen molar-refractivity contribution in [2.45, 2.75) is 31.8 Å².